The summed E-state index contributed by atoms with van der Waals surface area (Å²) < 4.78 is 0. The predicted octanol–water partition coefficient (Wildman–Crippen LogP) is 5.22. The molecule has 0 saturated heterocycles. The molecule has 21 heavy (non-hydrogen) atoms. The number of rotatable bonds is 13. The van der Waals surface area contributed by atoms with E-state index in [1.54, 1.807) is 6.92 Å². The van der Waals surface area contributed by atoms with Gasteiger partial charge in [-0.25, -0.2) is 4.79 Å². The Morgan fingerprint density at radius 1 is 0.857 bits per heavy atom. The summed E-state index contributed by atoms with van der Waals surface area (Å²) in [5.74, 6) is -0.779. The zero-order valence-electron chi connectivity index (χ0n) is 14.6. The van der Waals surface area contributed by atoms with Crippen LogP contribution < -0.4 is 0 Å². The third-order valence-electron chi connectivity index (χ3n) is 4.03. The summed E-state index contributed by atoms with van der Waals surface area (Å²) in [6.45, 7) is 10.2. The van der Waals surface area contributed by atoms with Crippen LogP contribution in [0.2, 0.25) is 0 Å². The van der Waals surface area contributed by atoms with Crippen LogP contribution in [0.3, 0.4) is 0 Å². The Labute approximate surface area is 131 Å². The quantitative estimate of drug-likeness (QED) is 0.374. The third-order valence-corrected chi connectivity index (χ3v) is 4.03. The molecule has 0 amide bonds. The molecule has 0 heterocycles. The van der Waals surface area contributed by atoms with Crippen molar-refractivity contribution in [2.24, 2.45) is 0 Å². The number of aliphatic carboxylic acids is 1. The van der Waals surface area contributed by atoms with Crippen LogP contribution in [-0.2, 0) is 4.79 Å². The minimum absolute atomic E-state index is 0.517. The molecule has 0 saturated carbocycles. The van der Waals surface area contributed by atoms with E-state index in [0.29, 0.717) is 5.57 Å². The fourth-order valence-electron chi connectivity index (χ4n) is 2.69. The second kappa shape index (κ2) is 12.7. The third kappa shape index (κ3) is 8.79. The first-order chi connectivity index (χ1) is 10.1. The van der Waals surface area contributed by atoms with Crippen molar-refractivity contribution >= 4 is 5.97 Å². The first kappa shape index (κ1) is 20.0. The van der Waals surface area contributed by atoms with Gasteiger partial charge >= 0.3 is 5.97 Å². The van der Waals surface area contributed by atoms with Crippen LogP contribution >= 0.6 is 0 Å². The van der Waals surface area contributed by atoms with Gasteiger partial charge in [-0.3, -0.25) is 0 Å². The van der Waals surface area contributed by atoms with E-state index in [1.807, 2.05) is 0 Å². The van der Waals surface area contributed by atoms with Gasteiger partial charge in [0.2, 0.25) is 0 Å². The van der Waals surface area contributed by atoms with Crippen molar-refractivity contribution in [2.75, 3.05) is 13.1 Å². The molecule has 0 atom stereocenters. The summed E-state index contributed by atoms with van der Waals surface area (Å²) in [7, 11) is 0. The van der Waals surface area contributed by atoms with E-state index in [-0.39, 0.29) is 0 Å². The highest BCUT2D eigenvalue weighted by Gasteiger charge is 2.14. The Balaban J connectivity index is 4.66. The van der Waals surface area contributed by atoms with Crippen molar-refractivity contribution in [3.8, 4) is 0 Å². The Morgan fingerprint density at radius 2 is 1.33 bits per heavy atom. The lowest BCUT2D eigenvalue weighted by molar-refractivity contribution is -0.132. The van der Waals surface area contributed by atoms with E-state index in [1.165, 1.54) is 38.5 Å². The second-order valence-corrected chi connectivity index (χ2v) is 5.84. The van der Waals surface area contributed by atoms with Crippen LogP contribution in [0.15, 0.2) is 11.3 Å². The molecule has 0 aromatic carbocycles. The van der Waals surface area contributed by atoms with E-state index in [9.17, 15) is 9.90 Å². The summed E-state index contributed by atoms with van der Waals surface area (Å²) in [5.41, 5.74) is 1.54. The minimum atomic E-state index is -0.779. The normalized spacial score (nSPS) is 12.2. The van der Waals surface area contributed by atoms with Crippen molar-refractivity contribution in [1.29, 1.82) is 0 Å². The second-order valence-electron chi connectivity index (χ2n) is 5.84. The molecule has 0 spiro atoms. The molecule has 0 fully saturated rings. The molecule has 0 aliphatic heterocycles. The van der Waals surface area contributed by atoms with Crippen molar-refractivity contribution in [3.05, 3.63) is 11.3 Å². The number of unbranched alkanes of at least 4 members (excludes halogenated alkanes) is 6. The van der Waals surface area contributed by atoms with Crippen LogP contribution in [0.5, 0.6) is 0 Å². The number of allylic oxidation sites excluding steroid dienone is 1. The number of hydrogen-bond donors (Lipinski definition) is 1. The molecule has 1 N–H and O–H groups in total. The first-order valence-corrected chi connectivity index (χ1v) is 8.76. The maximum Gasteiger partial charge on any atom is 0.333 e. The molecule has 0 aliphatic carbocycles. The van der Waals surface area contributed by atoms with Gasteiger partial charge in [-0.2, -0.15) is 0 Å². The van der Waals surface area contributed by atoms with E-state index < -0.39 is 5.97 Å². The fraction of sp³-hybridized carbons (Fsp3) is 0.833. The van der Waals surface area contributed by atoms with Gasteiger partial charge in [0.05, 0.1) is 5.57 Å². The average Bonchev–Trinajstić information content (AvgIpc) is 2.47. The van der Waals surface area contributed by atoms with Gasteiger partial charge in [-0.15, -0.1) is 0 Å². The monoisotopic (exact) mass is 297 g/mol. The van der Waals surface area contributed by atoms with Gasteiger partial charge in [-0.1, -0.05) is 59.3 Å². The van der Waals surface area contributed by atoms with E-state index >= 15 is 0 Å². The van der Waals surface area contributed by atoms with Crippen LogP contribution in [0.4, 0.5) is 0 Å². The largest absolute Gasteiger partial charge is 0.478 e. The fourth-order valence-corrected chi connectivity index (χ4v) is 2.69. The lowest BCUT2D eigenvalue weighted by Gasteiger charge is -2.28. The molecule has 124 valence electrons. The van der Waals surface area contributed by atoms with Gasteiger partial charge in [0.25, 0.3) is 0 Å². The number of carboxylic acids is 1. The van der Waals surface area contributed by atoms with Crippen LogP contribution in [0, 0.1) is 0 Å². The van der Waals surface area contributed by atoms with Crippen LogP contribution in [-0.4, -0.2) is 29.1 Å². The van der Waals surface area contributed by atoms with Gasteiger partial charge in [0.1, 0.15) is 0 Å². The molecule has 0 unspecified atom stereocenters. The van der Waals surface area contributed by atoms with Crippen molar-refractivity contribution in [2.45, 2.75) is 85.5 Å². The van der Waals surface area contributed by atoms with Crippen molar-refractivity contribution in [3.63, 3.8) is 0 Å². The van der Waals surface area contributed by atoms with Crippen LogP contribution in [0.25, 0.3) is 0 Å². The van der Waals surface area contributed by atoms with Gasteiger partial charge in [0.15, 0.2) is 0 Å². The summed E-state index contributed by atoms with van der Waals surface area (Å²) in [4.78, 5) is 13.6. The zero-order valence-corrected chi connectivity index (χ0v) is 14.6. The highest BCUT2D eigenvalue weighted by Crippen LogP contribution is 2.18. The van der Waals surface area contributed by atoms with Gasteiger partial charge in [0, 0.05) is 18.8 Å². The summed E-state index contributed by atoms with van der Waals surface area (Å²) >= 11 is 0. The number of carboxylic acid groups (broad SMARTS) is 1. The molecular formula is C18H35NO2. The predicted molar refractivity (Wildman–Crippen MR) is 90.5 cm³/mol. The molecule has 0 aromatic heterocycles. The van der Waals surface area contributed by atoms with Crippen molar-refractivity contribution < 1.29 is 9.90 Å². The lowest BCUT2D eigenvalue weighted by atomic mass is 10.1. The molecule has 0 radical (unpaired) electrons. The SMILES string of the molecule is CCCCCCN(CCCCCC)C(CC)=C(C)C(=O)O. The minimum Gasteiger partial charge on any atom is -0.478 e. The molecule has 0 aliphatic rings. The molecule has 3 heteroatoms. The Hall–Kier alpha value is -0.990. The van der Waals surface area contributed by atoms with Crippen LogP contribution in [0.1, 0.15) is 85.5 Å². The first-order valence-electron chi connectivity index (χ1n) is 8.76. The van der Waals surface area contributed by atoms with E-state index in [4.69, 9.17) is 0 Å². The zero-order chi connectivity index (χ0) is 16.1. The molecular weight excluding hydrogens is 262 g/mol. The van der Waals surface area contributed by atoms with Gasteiger partial charge < -0.3 is 10.0 Å². The smallest absolute Gasteiger partial charge is 0.333 e. The summed E-state index contributed by atoms with van der Waals surface area (Å²) in [6, 6.07) is 0. The molecule has 0 rings (SSSR count). The van der Waals surface area contributed by atoms with Crippen molar-refractivity contribution in [1.82, 2.24) is 4.90 Å². The number of nitrogens with zero attached hydrogens (tertiary/aromatic N) is 1. The molecule has 0 aromatic rings. The average molecular weight is 297 g/mol. The Bertz CT molecular complexity index is 298. The summed E-state index contributed by atoms with van der Waals surface area (Å²) in [5, 5.41) is 9.27. The topological polar surface area (TPSA) is 40.5 Å². The van der Waals surface area contributed by atoms with E-state index in [2.05, 4.69) is 25.7 Å². The number of hydrogen-bond acceptors (Lipinski definition) is 2. The number of carbonyl (C=O) groups is 1. The standard InChI is InChI=1S/C18H35NO2/c1-5-8-10-12-14-19(15-13-11-9-6-2)17(7-3)16(4)18(20)21/h5-15H2,1-4H3,(H,20,21). The van der Waals surface area contributed by atoms with E-state index in [0.717, 1.165) is 38.0 Å². The Kier molecular flexibility index (Phi) is 12.1. The molecule has 0 bridgehead atoms. The highest BCUT2D eigenvalue weighted by atomic mass is 16.4. The lowest BCUT2D eigenvalue weighted by Crippen LogP contribution is -2.27. The van der Waals surface area contributed by atoms with Gasteiger partial charge in [-0.05, 0) is 26.2 Å². The maximum atomic E-state index is 11.3. The highest BCUT2D eigenvalue weighted by molar-refractivity contribution is 5.86. The maximum absolute atomic E-state index is 11.3. The Morgan fingerprint density at radius 3 is 1.67 bits per heavy atom. The summed E-state index contributed by atoms with van der Waals surface area (Å²) in [6.07, 6.45) is 10.6. The molecule has 3 nitrogen and oxygen atoms in total.